The average Bonchev–Trinajstić information content (AvgIpc) is 2.69. The predicted molar refractivity (Wildman–Crippen MR) is 105 cm³/mol. The summed E-state index contributed by atoms with van der Waals surface area (Å²) in [5.41, 5.74) is 2.27. The van der Waals surface area contributed by atoms with Crippen molar-refractivity contribution in [3.8, 4) is 5.75 Å². The third-order valence-electron chi connectivity index (χ3n) is 4.84. The van der Waals surface area contributed by atoms with E-state index in [1.807, 2.05) is 24.3 Å². The Balaban J connectivity index is 2.02. The molecule has 0 aliphatic heterocycles. The second-order valence-electron chi connectivity index (χ2n) is 6.51. The van der Waals surface area contributed by atoms with Crippen LogP contribution in [0, 0.1) is 11.7 Å². The number of ether oxygens (including phenoxy) is 2. The van der Waals surface area contributed by atoms with Gasteiger partial charge in [-0.1, -0.05) is 29.8 Å². The first-order chi connectivity index (χ1) is 13.4. The quantitative estimate of drug-likeness (QED) is 0.532. The van der Waals surface area contributed by atoms with E-state index in [2.05, 4.69) is 0 Å². The van der Waals surface area contributed by atoms with Crippen molar-refractivity contribution in [2.75, 3.05) is 13.7 Å². The van der Waals surface area contributed by atoms with Gasteiger partial charge in [0.15, 0.2) is 5.78 Å². The maximum absolute atomic E-state index is 13.6. The van der Waals surface area contributed by atoms with Gasteiger partial charge in [0.05, 0.1) is 18.7 Å². The molecule has 2 aromatic rings. The van der Waals surface area contributed by atoms with Crippen molar-refractivity contribution in [1.82, 2.24) is 0 Å². The first-order valence-electron chi connectivity index (χ1n) is 8.95. The van der Waals surface area contributed by atoms with Crippen LogP contribution in [0.1, 0.15) is 30.4 Å². The van der Waals surface area contributed by atoms with Gasteiger partial charge in [-0.05, 0) is 60.4 Å². The van der Waals surface area contributed by atoms with Gasteiger partial charge >= 0.3 is 5.97 Å². The highest BCUT2D eigenvalue weighted by atomic mass is 35.5. The van der Waals surface area contributed by atoms with Gasteiger partial charge in [-0.25, -0.2) is 4.39 Å². The van der Waals surface area contributed by atoms with E-state index in [0.29, 0.717) is 17.7 Å². The molecule has 1 aliphatic carbocycles. The molecule has 4 nitrogen and oxygen atoms in total. The fraction of sp³-hybridized carbons (Fsp3) is 0.273. The Morgan fingerprint density at radius 1 is 1.21 bits per heavy atom. The summed E-state index contributed by atoms with van der Waals surface area (Å²) in [7, 11) is 1.58. The number of esters is 1. The van der Waals surface area contributed by atoms with Crippen LogP contribution in [0.2, 0.25) is 5.02 Å². The Labute approximate surface area is 167 Å². The zero-order valence-electron chi connectivity index (χ0n) is 15.6. The Kier molecular flexibility index (Phi) is 6.15. The van der Waals surface area contributed by atoms with Gasteiger partial charge < -0.3 is 9.47 Å². The van der Waals surface area contributed by atoms with E-state index in [9.17, 15) is 14.0 Å². The second kappa shape index (κ2) is 8.57. The number of halogens is 2. The number of ketones is 1. The molecule has 0 radical (unpaired) electrons. The van der Waals surface area contributed by atoms with Gasteiger partial charge in [-0.15, -0.1) is 0 Å². The number of hydrogen-bond donors (Lipinski definition) is 0. The van der Waals surface area contributed by atoms with Crippen molar-refractivity contribution < 1.29 is 23.5 Å². The molecule has 6 heteroatoms. The highest BCUT2D eigenvalue weighted by Crippen LogP contribution is 2.41. The number of benzene rings is 2. The van der Waals surface area contributed by atoms with Gasteiger partial charge in [0, 0.05) is 5.92 Å². The molecule has 146 valence electrons. The zero-order chi connectivity index (χ0) is 20.3. The van der Waals surface area contributed by atoms with Gasteiger partial charge in [0.2, 0.25) is 0 Å². The smallest absolute Gasteiger partial charge is 0.317 e. The van der Waals surface area contributed by atoms with Gasteiger partial charge in [-0.3, -0.25) is 9.59 Å². The minimum Gasteiger partial charge on any atom is -0.497 e. The van der Waals surface area contributed by atoms with E-state index in [1.165, 1.54) is 18.2 Å². The van der Waals surface area contributed by atoms with Crippen LogP contribution in [-0.4, -0.2) is 25.5 Å². The summed E-state index contributed by atoms with van der Waals surface area (Å²) in [4.78, 5) is 25.3. The molecule has 0 spiro atoms. The number of rotatable bonds is 5. The van der Waals surface area contributed by atoms with Crippen LogP contribution in [0.25, 0.3) is 5.57 Å². The molecule has 0 amide bonds. The summed E-state index contributed by atoms with van der Waals surface area (Å²) in [6, 6.07) is 11.6. The van der Waals surface area contributed by atoms with Crippen LogP contribution in [0.15, 0.2) is 48.5 Å². The first-order valence-corrected chi connectivity index (χ1v) is 9.32. The average molecular weight is 403 g/mol. The second-order valence-corrected chi connectivity index (χ2v) is 6.92. The maximum Gasteiger partial charge on any atom is 0.317 e. The lowest BCUT2D eigenvalue weighted by Gasteiger charge is -2.29. The van der Waals surface area contributed by atoms with Crippen LogP contribution in [0.3, 0.4) is 0 Å². The molecular weight excluding hydrogens is 383 g/mol. The zero-order valence-corrected chi connectivity index (χ0v) is 16.3. The maximum atomic E-state index is 13.6. The minimum atomic E-state index is -0.983. The predicted octanol–water partition coefficient (Wildman–Crippen LogP) is 4.81. The minimum absolute atomic E-state index is 0.0480. The number of carbonyl (C=O) groups excluding carboxylic acids is 2. The third kappa shape index (κ3) is 4.09. The van der Waals surface area contributed by atoms with E-state index in [0.717, 1.165) is 11.1 Å². The van der Waals surface area contributed by atoms with Crippen molar-refractivity contribution in [2.24, 2.45) is 5.92 Å². The molecule has 0 unspecified atom stereocenters. The lowest BCUT2D eigenvalue weighted by Crippen LogP contribution is -2.34. The molecule has 0 heterocycles. The summed E-state index contributed by atoms with van der Waals surface area (Å²) < 4.78 is 23.9. The lowest BCUT2D eigenvalue weighted by atomic mass is 9.73. The number of methoxy groups -OCH3 is 1. The van der Waals surface area contributed by atoms with Gasteiger partial charge in [0.1, 0.15) is 17.5 Å². The van der Waals surface area contributed by atoms with Gasteiger partial charge in [-0.2, -0.15) is 0 Å². The van der Waals surface area contributed by atoms with E-state index < -0.39 is 23.6 Å². The summed E-state index contributed by atoms with van der Waals surface area (Å²) >= 11 is 5.94. The van der Waals surface area contributed by atoms with Crippen LogP contribution in [-0.2, 0) is 14.3 Å². The van der Waals surface area contributed by atoms with Crippen molar-refractivity contribution >= 4 is 28.9 Å². The molecule has 0 saturated heterocycles. The Morgan fingerprint density at radius 2 is 1.93 bits per heavy atom. The molecular formula is C22H20ClFO4. The van der Waals surface area contributed by atoms with E-state index in [4.69, 9.17) is 21.1 Å². The van der Waals surface area contributed by atoms with Crippen molar-refractivity contribution in [3.05, 3.63) is 70.5 Å². The van der Waals surface area contributed by atoms with Crippen LogP contribution in [0.5, 0.6) is 5.75 Å². The fourth-order valence-electron chi connectivity index (χ4n) is 3.45. The molecule has 0 N–H and O–H groups in total. The lowest BCUT2D eigenvalue weighted by molar-refractivity contribution is -0.151. The van der Waals surface area contributed by atoms with E-state index in [-0.39, 0.29) is 17.4 Å². The van der Waals surface area contributed by atoms with Crippen molar-refractivity contribution in [3.63, 3.8) is 0 Å². The molecule has 2 atom stereocenters. The van der Waals surface area contributed by atoms with Crippen LogP contribution in [0.4, 0.5) is 4.39 Å². The fourth-order valence-corrected chi connectivity index (χ4v) is 3.63. The Morgan fingerprint density at radius 3 is 2.54 bits per heavy atom. The van der Waals surface area contributed by atoms with Crippen molar-refractivity contribution in [1.29, 1.82) is 0 Å². The Bertz CT molecular complexity index is 921. The highest BCUT2D eigenvalue weighted by Gasteiger charge is 2.40. The Hall–Kier alpha value is -2.66. The number of hydrogen-bond acceptors (Lipinski definition) is 4. The molecule has 0 fully saturated rings. The van der Waals surface area contributed by atoms with E-state index in [1.54, 1.807) is 20.1 Å². The molecule has 28 heavy (non-hydrogen) atoms. The van der Waals surface area contributed by atoms with Crippen LogP contribution < -0.4 is 4.74 Å². The molecule has 0 bridgehead atoms. The molecule has 0 aromatic heterocycles. The molecule has 3 rings (SSSR count). The summed E-state index contributed by atoms with van der Waals surface area (Å²) in [6.45, 7) is 1.86. The monoisotopic (exact) mass is 402 g/mol. The first kappa shape index (κ1) is 20.1. The number of carbonyl (C=O) groups is 2. The van der Waals surface area contributed by atoms with Crippen LogP contribution >= 0.6 is 11.6 Å². The topological polar surface area (TPSA) is 52.6 Å². The molecule has 1 aliphatic rings. The van der Waals surface area contributed by atoms with Gasteiger partial charge in [0.25, 0.3) is 0 Å². The summed E-state index contributed by atoms with van der Waals surface area (Å²) in [6.07, 6.45) is 1.91. The number of allylic oxidation sites excluding steroid dienone is 2. The molecule has 2 aromatic carbocycles. The normalized spacial score (nSPS) is 19.1. The highest BCUT2D eigenvalue weighted by molar-refractivity contribution is 6.30. The SMILES string of the molecule is CCOC(=O)[C@@H]1C(=O)C=C(c2ccc(OC)cc2)C[C@@H]1c1ccc(F)c(Cl)c1. The molecule has 0 saturated carbocycles. The van der Waals surface area contributed by atoms with E-state index >= 15 is 0 Å². The standard InChI is InChI=1S/C22H20ClFO4/c1-3-28-22(26)21-17(14-6-9-19(24)18(23)11-14)10-15(12-20(21)25)13-4-7-16(27-2)8-5-13/h4-9,11-12,17,21H,3,10H2,1-2H3/t17-,21+/m1/s1. The largest absolute Gasteiger partial charge is 0.497 e. The summed E-state index contributed by atoms with van der Waals surface area (Å²) in [5.74, 6) is -2.23. The third-order valence-corrected chi connectivity index (χ3v) is 5.13. The summed E-state index contributed by atoms with van der Waals surface area (Å²) in [5, 5.41) is -0.0480. The van der Waals surface area contributed by atoms with Crippen molar-refractivity contribution in [2.45, 2.75) is 19.3 Å².